The maximum atomic E-state index is 6.12. The van der Waals surface area contributed by atoms with Gasteiger partial charge in [-0.1, -0.05) is 30.7 Å². The highest BCUT2D eigenvalue weighted by Gasteiger charge is 2.11. The molecule has 0 saturated heterocycles. The van der Waals surface area contributed by atoms with Crippen LogP contribution in [0, 0.1) is 0 Å². The fourth-order valence-corrected chi connectivity index (χ4v) is 2.74. The summed E-state index contributed by atoms with van der Waals surface area (Å²) < 4.78 is 2.26. The third kappa shape index (κ3) is 2.88. The zero-order valence-corrected chi connectivity index (χ0v) is 12.8. The summed E-state index contributed by atoms with van der Waals surface area (Å²) in [6.45, 7) is 3.12. The average molecular weight is 300 g/mol. The Labute approximate surface area is 129 Å². The van der Waals surface area contributed by atoms with Crippen LogP contribution in [0.25, 0.3) is 11.0 Å². The number of nitrogen functional groups attached to an aromatic ring is 1. The van der Waals surface area contributed by atoms with E-state index < -0.39 is 0 Å². The number of rotatable bonds is 4. The van der Waals surface area contributed by atoms with Crippen LogP contribution < -0.4 is 5.73 Å². The average Bonchev–Trinajstić information content (AvgIpc) is 2.79. The Kier molecular flexibility index (Phi) is 3.84. The molecule has 3 rings (SSSR count). The number of hydrogen-bond acceptors (Lipinski definition) is 2. The van der Waals surface area contributed by atoms with Crippen molar-refractivity contribution in [2.45, 2.75) is 26.3 Å². The van der Waals surface area contributed by atoms with Crippen molar-refractivity contribution in [3.63, 3.8) is 0 Å². The van der Waals surface area contributed by atoms with Gasteiger partial charge < -0.3 is 10.3 Å². The molecular weight excluding hydrogens is 282 g/mol. The summed E-state index contributed by atoms with van der Waals surface area (Å²) in [5, 5.41) is 0.749. The van der Waals surface area contributed by atoms with Crippen molar-refractivity contribution in [1.82, 2.24) is 9.55 Å². The number of halogens is 1. The van der Waals surface area contributed by atoms with Crippen molar-refractivity contribution in [2.75, 3.05) is 5.73 Å². The zero-order valence-electron chi connectivity index (χ0n) is 12.0. The van der Waals surface area contributed by atoms with Crippen LogP contribution in [0.2, 0.25) is 5.02 Å². The lowest BCUT2D eigenvalue weighted by Gasteiger charge is -2.08. The summed E-state index contributed by atoms with van der Waals surface area (Å²) in [6, 6.07) is 13.8. The summed E-state index contributed by atoms with van der Waals surface area (Å²) in [4.78, 5) is 4.76. The molecule has 108 valence electrons. The minimum absolute atomic E-state index is 0.749. The Morgan fingerprint density at radius 3 is 2.62 bits per heavy atom. The van der Waals surface area contributed by atoms with Crippen molar-refractivity contribution in [3.8, 4) is 0 Å². The van der Waals surface area contributed by atoms with Crippen LogP contribution in [0.15, 0.2) is 42.5 Å². The molecule has 0 bridgehead atoms. The summed E-state index contributed by atoms with van der Waals surface area (Å²) in [6.07, 6.45) is 1.86. The van der Waals surface area contributed by atoms with E-state index in [1.807, 2.05) is 30.3 Å². The van der Waals surface area contributed by atoms with Gasteiger partial charge in [0.15, 0.2) is 0 Å². The van der Waals surface area contributed by atoms with E-state index in [0.717, 1.165) is 47.0 Å². The molecule has 0 atom stereocenters. The first-order valence-corrected chi connectivity index (χ1v) is 7.54. The van der Waals surface area contributed by atoms with Gasteiger partial charge in [0.1, 0.15) is 5.82 Å². The molecule has 3 nitrogen and oxygen atoms in total. The van der Waals surface area contributed by atoms with Crippen LogP contribution in [0.5, 0.6) is 0 Å². The number of aromatic nitrogens is 2. The van der Waals surface area contributed by atoms with Crippen molar-refractivity contribution in [1.29, 1.82) is 0 Å². The number of benzene rings is 2. The van der Waals surface area contributed by atoms with Gasteiger partial charge in [-0.05, 0) is 42.3 Å². The molecule has 0 radical (unpaired) electrons. The number of anilines is 1. The topological polar surface area (TPSA) is 43.8 Å². The number of hydrogen-bond donors (Lipinski definition) is 1. The lowest BCUT2D eigenvalue weighted by Crippen LogP contribution is -2.04. The Hall–Kier alpha value is -2.00. The molecule has 1 aromatic heterocycles. The fraction of sp³-hybridized carbons (Fsp3) is 0.235. The highest BCUT2D eigenvalue weighted by atomic mass is 35.5. The van der Waals surface area contributed by atoms with Crippen LogP contribution in [0.4, 0.5) is 5.69 Å². The second-order valence-electron chi connectivity index (χ2n) is 5.23. The summed E-state index contributed by atoms with van der Waals surface area (Å²) in [7, 11) is 0. The van der Waals surface area contributed by atoms with Crippen LogP contribution in [0.1, 0.15) is 24.7 Å². The van der Waals surface area contributed by atoms with Crippen LogP contribution >= 0.6 is 11.6 Å². The molecule has 0 unspecified atom stereocenters. The summed E-state index contributed by atoms with van der Waals surface area (Å²) in [5.74, 6) is 1.07. The maximum absolute atomic E-state index is 6.12. The Bertz CT molecular complexity index is 760. The van der Waals surface area contributed by atoms with Crippen molar-refractivity contribution >= 4 is 28.3 Å². The van der Waals surface area contributed by atoms with Gasteiger partial charge in [-0.15, -0.1) is 0 Å². The first-order chi connectivity index (χ1) is 10.2. The summed E-state index contributed by atoms with van der Waals surface area (Å²) in [5.41, 5.74) is 9.84. The van der Waals surface area contributed by atoms with Gasteiger partial charge >= 0.3 is 0 Å². The molecule has 21 heavy (non-hydrogen) atoms. The molecule has 0 saturated carbocycles. The molecule has 4 heteroatoms. The molecule has 0 spiro atoms. The standard InChI is InChI=1S/C17H18ClN3/c1-2-9-21-16-11-13(18)5-8-15(16)20-17(21)10-12-3-6-14(19)7-4-12/h3-8,11H,2,9-10,19H2,1H3. The fourth-order valence-electron chi connectivity index (χ4n) is 2.57. The van der Waals surface area contributed by atoms with Gasteiger partial charge in [0.25, 0.3) is 0 Å². The van der Waals surface area contributed by atoms with Gasteiger partial charge in [0, 0.05) is 23.7 Å². The largest absolute Gasteiger partial charge is 0.399 e. The molecule has 0 aliphatic carbocycles. The molecule has 1 heterocycles. The molecule has 0 amide bonds. The quantitative estimate of drug-likeness (QED) is 0.731. The first-order valence-electron chi connectivity index (χ1n) is 7.16. The van der Waals surface area contributed by atoms with E-state index in [1.54, 1.807) is 0 Å². The van der Waals surface area contributed by atoms with Gasteiger partial charge in [-0.3, -0.25) is 0 Å². The summed E-state index contributed by atoms with van der Waals surface area (Å²) >= 11 is 6.12. The number of aryl methyl sites for hydroxylation is 1. The lowest BCUT2D eigenvalue weighted by atomic mass is 10.1. The monoisotopic (exact) mass is 299 g/mol. The zero-order chi connectivity index (χ0) is 14.8. The van der Waals surface area contributed by atoms with Crippen LogP contribution in [-0.4, -0.2) is 9.55 Å². The molecule has 3 aromatic rings. The normalized spacial score (nSPS) is 11.1. The Morgan fingerprint density at radius 1 is 1.14 bits per heavy atom. The second kappa shape index (κ2) is 5.78. The number of imidazole rings is 1. The van der Waals surface area contributed by atoms with E-state index in [2.05, 4.69) is 23.6 Å². The predicted molar refractivity (Wildman–Crippen MR) is 88.7 cm³/mol. The van der Waals surface area contributed by atoms with Crippen molar-refractivity contribution in [3.05, 3.63) is 58.9 Å². The molecule has 2 N–H and O–H groups in total. The smallest absolute Gasteiger partial charge is 0.114 e. The first kappa shape index (κ1) is 14.0. The van der Waals surface area contributed by atoms with Crippen molar-refractivity contribution < 1.29 is 0 Å². The molecule has 2 aromatic carbocycles. The minimum Gasteiger partial charge on any atom is -0.399 e. The number of fused-ring (bicyclic) bond motifs is 1. The van der Waals surface area contributed by atoms with E-state index in [-0.39, 0.29) is 0 Å². The second-order valence-corrected chi connectivity index (χ2v) is 5.67. The van der Waals surface area contributed by atoms with Gasteiger partial charge in [-0.2, -0.15) is 0 Å². The minimum atomic E-state index is 0.749. The van der Waals surface area contributed by atoms with E-state index in [1.165, 1.54) is 5.56 Å². The SMILES string of the molecule is CCCn1c(Cc2ccc(N)cc2)nc2ccc(Cl)cc21. The molecule has 0 fully saturated rings. The number of nitrogens with two attached hydrogens (primary N) is 1. The van der Waals surface area contributed by atoms with Gasteiger partial charge in [0.2, 0.25) is 0 Å². The Morgan fingerprint density at radius 2 is 1.90 bits per heavy atom. The predicted octanol–water partition coefficient (Wildman–Crippen LogP) is 4.27. The van der Waals surface area contributed by atoms with Crippen LogP contribution in [-0.2, 0) is 13.0 Å². The van der Waals surface area contributed by atoms with E-state index in [4.69, 9.17) is 22.3 Å². The lowest BCUT2D eigenvalue weighted by molar-refractivity contribution is 0.664. The molecular formula is C17H18ClN3. The van der Waals surface area contributed by atoms with E-state index >= 15 is 0 Å². The third-order valence-electron chi connectivity index (χ3n) is 3.58. The molecule has 0 aliphatic heterocycles. The number of nitrogens with zero attached hydrogens (tertiary/aromatic N) is 2. The Balaban J connectivity index is 2.04. The van der Waals surface area contributed by atoms with Crippen molar-refractivity contribution in [2.24, 2.45) is 0 Å². The van der Waals surface area contributed by atoms with E-state index in [0.29, 0.717) is 0 Å². The maximum Gasteiger partial charge on any atom is 0.114 e. The third-order valence-corrected chi connectivity index (χ3v) is 3.81. The highest BCUT2D eigenvalue weighted by Crippen LogP contribution is 2.23. The van der Waals surface area contributed by atoms with Gasteiger partial charge in [-0.25, -0.2) is 4.98 Å². The van der Waals surface area contributed by atoms with Crippen LogP contribution in [0.3, 0.4) is 0 Å². The van der Waals surface area contributed by atoms with E-state index in [9.17, 15) is 0 Å². The van der Waals surface area contributed by atoms with Gasteiger partial charge in [0.05, 0.1) is 11.0 Å². The highest BCUT2D eigenvalue weighted by molar-refractivity contribution is 6.31. The molecule has 0 aliphatic rings.